The summed E-state index contributed by atoms with van der Waals surface area (Å²) < 4.78 is 30.9. The normalized spacial score (nSPS) is 27.5. The maximum absolute atomic E-state index is 13.0. The molecule has 0 aromatic heterocycles. The van der Waals surface area contributed by atoms with E-state index in [4.69, 9.17) is 22.1 Å². The molecule has 0 bridgehead atoms. The van der Waals surface area contributed by atoms with E-state index < -0.39 is 11.5 Å². The van der Waals surface area contributed by atoms with E-state index in [9.17, 15) is 8.78 Å². The van der Waals surface area contributed by atoms with Gasteiger partial charge in [-0.15, -0.1) is 0 Å². The van der Waals surface area contributed by atoms with Crippen LogP contribution in [0.15, 0.2) is 18.2 Å². The smallest absolute Gasteiger partial charge is 0.272 e. The van der Waals surface area contributed by atoms with Crippen molar-refractivity contribution in [3.05, 3.63) is 28.8 Å². The first-order chi connectivity index (χ1) is 6.90. The lowest BCUT2D eigenvalue weighted by Gasteiger charge is -2.12. The van der Waals surface area contributed by atoms with E-state index >= 15 is 0 Å². The maximum Gasteiger partial charge on any atom is 0.272 e. The van der Waals surface area contributed by atoms with Gasteiger partial charge in [-0.25, -0.2) is 8.78 Å². The first-order valence-corrected chi connectivity index (χ1v) is 4.79. The molecule has 1 aromatic rings. The van der Waals surface area contributed by atoms with Crippen LogP contribution in [0.2, 0.25) is 5.02 Å². The van der Waals surface area contributed by atoms with Gasteiger partial charge in [-0.2, -0.15) is 0 Å². The van der Waals surface area contributed by atoms with Gasteiger partial charge in [0.2, 0.25) is 0 Å². The van der Waals surface area contributed by atoms with Crippen LogP contribution in [0.5, 0.6) is 5.75 Å². The van der Waals surface area contributed by atoms with Crippen LogP contribution in [-0.2, 0) is 5.54 Å². The van der Waals surface area contributed by atoms with E-state index in [0.29, 0.717) is 16.3 Å². The molecule has 2 nitrogen and oxygen atoms in total. The summed E-state index contributed by atoms with van der Waals surface area (Å²) in [5.41, 5.74) is 4.35. The second kappa shape index (κ2) is 3.06. The van der Waals surface area contributed by atoms with E-state index in [1.807, 2.05) is 0 Å². The van der Waals surface area contributed by atoms with Gasteiger partial charge in [0.25, 0.3) is 5.92 Å². The van der Waals surface area contributed by atoms with E-state index in [1.54, 1.807) is 6.07 Å². The van der Waals surface area contributed by atoms with Gasteiger partial charge < -0.3 is 10.5 Å². The summed E-state index contributed by atoms with van der Waals surface area (Å²) in [6, 6.07) is 4.49. The average molecular weight is 234 g/mol. The van der Waals surface area contributed by atoms with Gasteiger partial charge in [0.15, 0.2) is 0 Å². The fourth-order valence-electron chi connectivity index (χ4n) is 1.56. The number of ether oxygens (including phenoxy) is 1. The van der Waals surface area contributed by atoms with Crippen LogP contribution < -0.4 is 10.5 Å². The molecule has 1 saturated carbocycles. The molecule has 1 aromatic carbocycles. The second-order valence-corrected chi connectivity index (χ2v) is 4.11. The minimum Gasteiger partial charge on any atom is -0.495 e. The summed E-state index contributed by atoms with van der Waals surface area (Å²) in [7, 11) is 1.46. The summed E-state index contributed by atoms with van der Waals surface area (Å²) in [5.74, 6) is -2.38. The minimum absolute atomic E-state index is 0.294. The molecule has 0 heterocycles. The highest BCUT2D eigenvalue weighted by atomic mass is 35.5. The molecule has 0 spiro atoms. The largest absolute Gasteiger partial charge is 0.495 e. The standard InChI is InChI=1S/C10H10ClF2NO/c1-15-8-3-2-6(4-7(8)11)9(14)5-10(9,12)13/h2-4H,5,14H2,1H3. The van der Waals surface area contributed by atoms with Crippen LogP contribution in [0.25, 0.3) is 0 Å². The van der Waals surface area contributed by atoms with Gasteiger partial charge in [0.1, 0.15) is 11.3 Å². The van der Waals surface area contributed by atoms with Crippen LogP contribution in [0, 0.1) is 0 Å². The van der Waals surface area contributed by atoms with Crippen LogP contribution in [0.1, 0.15) is 12.0 Å². The first kappa shape index (κ1) is 10.6. The number of hydrogen-bond donors (Lipinski definition) is 1. The van der Waals surface area contributed by atoms with E-state index in [-0.39, 0.29) is 6.42 Å². The van der Waals surface area contributed by atoms with Crippen LogP contribution in [0.4, 0.5) is 8.78 Å². The molecule has 1 atom stereocenters. The summed E-state index contributed by atoms with van der Waals surface area (Å²) in [4.78, 5) is 0. The Morgan fingerprint density at radius 3 is 2.47 bits per heavy atom. The van der Waals surface area contributed by atoms with Crippen LogP contribution in [-0.4, -0.2) is 13.0 Å². The molecule has 0 amide bonds. The minimum atomic E-state index is -2.83. The van der Waals surface area contributed by atoms with Crippen molar-refractivity contribution < 1.29 is 13.5 Å². The molecule has 1 unspecified atom stereocenters. The summed E-state index contributed by atoms with van der Waals surface area (Å²) >= 11 is 5.83. The van der Waals surface area contributed by atoms with Gasteiger partial charge in [-0.3, -0.25) is 0 Å². The van der Waals surface area contributed by atoms with E-state index in [2.05, 4.69) is 0 Å². The quantitative estimate of drug-likeness (QED) is 0.852. The number of rotatable bonds is 2. The highest BCUT2D eigenvalue weighted by Crippen LogP contribution is 2.57. The Hall–Kier alpha value is -0.870. The Morgan fingerprint density at radius 2 is 2.07 bits per heavy atom. The average Bonchev–Trinajstić information content (AvgIpc) is 2.67. The summed E-state index contributed by atoms with van der Waals surface area (Å²) in [6.45, 7) is 0. The third kappa shape index (κ3) is 1.48. The molecular formula is C10H10ClF2NO. The second-order valence-electron chi connectivity index (χ2n) is 3.70. The summed E-state index contributed by atoms with van der Waals surface area (Å²) in [5, 5.41) is 0.294. The molecule has 1 aliphatic rings. The van der Waals surface area contributed by atoms with Gasteiger partial charge in [0, 0.05) is 6.42 Å². The van der Waals surface area contributed by atoms with Crippen molar-refractivity contribution in [1.29, 1.82) is 0 Å². The number of methoxy groups -OCH3 is 1. The monoisotopic (exact) mass is 233 g/mol. The zero-order valence-electron chi connectivity index (χ0n) is 8.06. The zero-order valence-corrected chi connectivity index (χ0v) is 8.81. The van der Waals surface area contributed by atoms with Crippen LogP contribution in [0.3, 0.4) is 0 Å². The van der Waals surface area contributed by atoms with Gasteiger partial charge in [-0.05, 0) is 17.7 Å². The molecule has 2 rings (SSSR count). The third-order valence-electron chi connectivity index (χ3n) is 2.70. The summed E-state index contributed by atoms with van der Waals surface area (Å²) in [6.07, 6.45) is -0.331. The Labute approximate surface area is 91.0 Å². The molecule has 1 aliphatic carbocycles. The lowest BCUT2D eigenvalue weighted by molar-refractivity contribution is 0.0891. The first-order valence-electron chi connectivity index (χ1n) is 4.41. The Kier molecular flexibility index (Phi) is 2.17. The van der Waals surface area contributed by atoms with Crippen molar-refractivity contribution >= 4 is 11.6 Å². The van der Waals surface area contributed by atoms with Gasteiger partial charge in [0.05, 0.1) is 12.1 Å². The lowest BCUT2D eigenvalue weighted by Crippen LogP contribution is -2.27. The topological polar surface area (TPSA) is 35.2 Å². The Balaban J connectivity index is 2.37. The van der Waals surface area contributed by atoms with Crippen molar-refractivity contribution in [3.63, 3.8) is 0 Å². The third-order valence-corrected chi connectivity index (χ3v) is 2.99. The molecule has 82 valence electrons. The predicted octanol–water partition coefficient (Wildman–Crippen LogP) is 2.54. The van der Waals surface area contributed by atoms with Gasteiger partial charge in [-0.1, -0.05) is 17.7 Å². The van der Waals surface area contributed by atoms with Crippen molar-refractivity contribution in [2.24, 2.45) is 5.73 Å². The number of nitrogens with two attached hydrogens (primary N) is 1. The van der Waals surface area contributed by atoms with Crippen molar-refractivity contribution in [2.75, 3.05) is 7.11 Å². The molecule has 1 fully saturated rings. The lowest BCUT2D eigenvalue weighted by atomic mass is 10.1. The molecule has 0 aliphatic heterocycles. The van der Waals surface area contributed by atoms with Crippen molar-refractivity contribution in [1.82, 2.24) is 0 Å². The number of benzene rings is 1. The van der Waals surface area contributed by atoms with E-state index in [1.165, 1.54) is 19.2 Å². The molecular weight excluding hydrogens is 224 g/mol. The van der Waals surface area contributed by atoms with E-state index in [0.717, 1.165) is 0 Å². The molecule has 5 heteroatoms. The predicted molar refractivity (Wildman–Crippen MR) is 53.4 cm³/mol. The maximum atomic E-state index is 13.0. The Bertz CT molecular complexity index is 410. The van der Waals surface area contributed by atoms with Gasteiger partial charge >= 0.3 is 0 Å². The fourth-order valence-corrected chi connectivity index (χ4v) is 1.82. The van der Waals surface area contributed by atoms with Crippen molar-refractivity contribution in [2.45, 2.75) is 17.9 Å². The van der Waals surface area contributed by atoms with Crippen LogP contribution >= 0.6 is 11.6 Å². The van der Waals surface area contributed by atoms with Crippen molar-refractivity contribution in [3.8, 4) is 5.75 Å². The molecule has 2 N–H and O–H groups in total. The fraction of sp³-hybridized carbons (Fsp3) is 0.400. The number of hydrogen-bond acceptors (Lipinski definition) is 2. The Morgan fingerprint density at radius 1 is 1.47 bits per heavy atom. The number of halogens is 3. The molecule has 15 heavy (non-hydrogen) atoms. The SMILES string of the molecule is COc1ccc(C2(N)CC2(F)F)cc1Cl. The number of alkyl halides is 2. The zero-order chi connectivity index (χ0) is 11.3. The highest BCUT2D eigenvalue weighted by Gasteiger charge is 2.69. The highest BCUT2D eigenvalue weighted by molar-refractivity contribution is 6.32. The molecule has 0 radical (unpaired) electrons. The molecule has 0 saturated heterocycles.